The molecule has 0 unspecified atom stereocenters. The minimum atomic E-state index is 0.885. The van der Waals surface area contributed by atoms with Crippen LogP contribution in [0.3, 0.4) is 0 Å². The van der Waals surface area contributed by atoms with Crippen LogP contribution >= 0.6 is 15.9 Å². The van der Waals surface area contributed by atoms with E-state index in [-0.39, 0.29) is 0 Å². The second-order valence-electron chi connectivity index (χ2n) is 3.54. The van der Waals surface area contributed by atoms with Crippen LogP contribution in [0.15, 0.2) is 16.6 Å². The standard InChI is InChI=1S/C13H16BrN/c1-4-5-6-7-15-13-11(3)8-10(2)9-12(13)14/h8-9,15H,6-7H2,1-3H3. The van der Waals surface area contributed by atoms with Gasteiger partial charge in [-0.1, -0.05) is 6.07 Å². The summed E-state index contributed by atoms with van der Waals surface area (Å²) in [6, 6.07) is 4.30. The molecule has 0 amide bonds. The maximum atomic E-state index is 3.57. The van der Waals surface area contributed by atoms with Gasteiger partial charge < -0.3 is 5.32 Å². The Morgan fingerprint density at radius 2 is 2.07 bits per heavy atom. The molecule has 2 heteroatoms. The van der Waals surface area contributed by atoms with Crippen LogP contribution in [-0.4, -0.2) is 6.54 Å². The van der Waals surface area contributed by atoms with Gasteiger partial charge in [0.25, 0.3) is 0 Å². The summed E-state index contributed by atoms with van der Waals surface area (Å²) in [5.41, 5.74) is 3.73. The number of hydrogen-bond donors (Lipinski definition) is 1. The third-order valence-electron chi connectivity index (χ3n) is 2.16. The Labute approximate surface area is 100 Å². The monoisotopic (exact) mass is 265 g/mol. The van der Waals surface area contributed by atoms with Crippen LogP contribution in [0.25, 0.3) is 0 Å². The first-order valence-corrected chi connectivity index (χ1v) is 5.84. The molecular formula is C13H16BrN. The predicted molar refractivity (Wildman–Crippen MR) is 70.2 cm³/mol. The number of nitrogens with one attached hydrogen (secondary N) is 1. The average Bonchev–Trinajstić information content (AvgIpc) is 2.15. The Morgan fingerprint density at radius 1 is 1.33 bits per heavy atom. The SMILES string of the molecule is CC#CCCNc1c(C)cc(C)cc1Br. The Hall–Kier alpha value is -0.940. The van der Waals surface area contributed by atoms with Crippen molar-refractivity contribution in [2.75, 3.05) is 11.9 Å². The Morgan fingerprint density at radius 3 is 2.67 bits per heavy atom. The molecule has 1 aromatic carbocycles. The normalized spacial score (nSPS) is 9.33. The summed E-state index contributed by atoms with van der Waals surface area (Å²) in [5.74, 6) is 5.93. The van der Waals surface area contributed by atoms with Crippen molar-refractivity contribution in [3.05, 3.63) is 27.7 Å². The third-order valence-corrected chi connectivity index (χ3v) is 2.79. The van der Waals surface area contributed by atoms with E-state index in [9.17, 15) is 0 Å². The number of benzene rings is 1. The van der Waals surface area contributed by atoms with Crippen molar-refractivity contribution in [2.24, 2.45) is 0 Å². The fraction of sp³-hybridized carbons (Fsp3) is 0.385. The molecule has 1 N–H and O–H groups in total. The van der Waals surface area contributed by atoms with Gasteiger partial charge in [0.2, 0.25) is 0 Å². The van der Waals surface area contributed by atoms with Gasteiger partial charge in [0.1, 0.15) is 0 Å². The summed E-state index contributed by atoms with van der Waals surface area (Å²) < 4.78 is 1.13. The fourth-order valence-corrected chi connectivity index (χ4v) is 2.33. The van der Waals surface area contributed by atoms with Gasteiger partial charge in [0.15, 0.2) is 0 Å². The lowest BCUT2D eigenvalue weighted by molar-refractivity contribution is 1.09. The van der Waals surface area contributed by atoms with E-state index < -0.39 is 0 Å². The summed E-state index contributed by atoms with van der Waals surface area (Å²) >= 11 is 3.57. The first-order chi connectivity index (χ1) is 7.15. The maximum Gasteiger partial charge on any atom is 0.0514 e. The van der Waals surface area contributed by atoms with E-state index in [1.54, 1.807) is 0 Å². The lowest BCUT2D eigenvalue weighted by atomic mass is 10.1. The van der Waals surface area contributed by atoms with Crippen molar-refractivity contribution in [2.45, 2.75) is 27.2 Å². The van der Waals surface area contributed by atoms with Crippen molar-refractivity contribution < 1.29 is 0 Å². The Balaban J connectivity index is 2.71. The van der Waals surface area contributed by atoms with Crippen molar-refractivity contribution >= 4 is 21.6 Å². The van der Waals surface area contributed by atoms with E-state index >= 15 is 0 Å². The minimum Gasteiger partial charge on any atom is -0.383 e. The molecule has 0 aliphatic heterocycles. The van der Waals surface area contributed by atoms with Crippen molar-refractivity contribution in [3.63, 3.8) is 0 Å². The smallest absolute Gasteiger partial charge is 0.0514 e. The van der Waals surface area contributed by atoms with Gasteiger partial charge >= 0.3 is 0 Å². The number of halogens is 1. The van der Waals surface area contributed by atoms with E-state index in [2.05, 4.69) is 59.1 Å². The summed E-state index contributed by atoms with van der Waals surface area (Å²) in [6.07, 6.45) is 0.885. The molecule has 80 valence electrons. The first-order valence-electron chi connectivity index (χ1n) is 5.05. The molecule has 0 aliphatic rings. The van der Waals surface area contributed by atoms with Crippen LogP contribution in [0.4, 0.5) is 5.69 Å². The second-order valence-corrected chi connectivity index (χ2v) is 4.40. The third kappa shape index (κ3) is 3.60. The fourth-order valence-electron chi connectivity index (χ4n) is 1.51. The average molecular weight is 266 g/mol. The molecule has 1 aromatic rings. The predicted octanol–water partition coefficient (Wildman–Crippen LogP) is 3.89. The van der Waals surface area contributed by atoms with E-state index in [0.29, 0.717) is 0 Å². The van der Waals surface area contributed by atoms with Crippen molar-refractivity contribution in [1.29, 1.82) is 0 Å². The van der Waals surface area contributed by atoms with Crippen LogP contribution < -0.4 is 5.32 Å². The number of rotatable bonds is 3. The van der Waals surface area contributed by atoms with E-state index in [1.165, 1.54) is 16.8 Å². The molecule has 0 aromatic heterocycles. The molecule has 0 bridgehead atoms. The van der Waals surface area contributed by atoms with Gasteiger partial charge in [-0.25, -0.2) is 0 Å². The van der Waals surface area contributed by atoms with Crippen molar-refractivity contribution in [3.8, 4) is 11.8 Å². The van der Waals surface area contributed by atoms with Gasteiger partial charge in [-0.15, -0.1) is 11.8 Å². The number of anilines is 1. The zero-order valence-electron chi connectivity index (χ0n) is 9.45. The molecule has 0 saturated heterocycles. The Bertz CT molecular complexity index is 376. The number of aryl methyl sites for hydroxylation is 2. The second kappa shape index (κ2) is 5.82. The molecule has 1 nitrogen and oxygen atoms in total. The highest BCUT2D eigenvalue weighted by atomic mass is 79.9. The summed E-state index contributed by atoms with van der Waals surface area (Å²) in [5, 5.41) is 3.39. The van der Waals surface area contributed by atoms with Crippen molar-refractivity contribution in [1.82, 2.24) is 0 Å². The van der Waals surface area contributed by atoms with Gasteiger partial charge in [-0.3, -0.25) is 0 Å². The van der Waals surface area contributed by atoms with Crippen LogP contribution in [0.2, 0.25) is 0 Å². The molecule has 0 spiro atoms. The van der Waals surface area contributed by atoms with E-state index in [1.807, 2.05) is 6.92 Å². The van der Waals surface area contributed by atoms with Gasteiger partial charge in [-0.05, 0) is 53.9 Å². The lowest BCUT2D eigenvalue weighted by Crippen LogP contribution is -2.03. The van der Waals surface area contributed by atoms with Crippen LogP contribution in [-0.2, 0) is 0 Å². The van der Waals surface area contributed by atoms with Gasteiger partial charge in [0, 0.05) is 17.4 Å². The molecule has 0 saturated carbocycles. The number of hydrogen-bond acceptors (Lipinski definition) is 1. The largest absolute Gasteiger partial charge is 0.383 e. The van der Waals surface area contributed by atoms with Gasteiger partial charge in [0.05, 0.1) is 5.69 Å². The molecule has 0 radical (unpaired) electrons. The highest BCUT2D eigenvalue weighted by molar-refractivity contribution is 9.10. The molecular weight excluding hydrogens is 250 g/mol. The quantitative estimate of drug-likeness (QED) is 0.646. The Kier molecular flexibility index (Phi) is 4.71. The zero-order chi connectivity index (χ0) is 11.3. The van der Waals surface area contributed by atoms with Crippen LogP contribution in [0, 0.1) is 25.7 Å². The molecule has 0 aliphatic carbocycles. The topological polar surface area (TPSA) is 12.0 Å². The van der Waals surface area contributed by atoms with E-state index in [0.717, 1.165) is 17.4 Å². The van der Waals surface area contributed by atoms with Crippen LogP contribution in [0.1, 0.15) is 24.5 Å². The zero-order valence-corrected chi connectivity index (χ0v) is 11.0. The molecule has 0 heterocycles. The molecule has 15 heavy (non-hydrogen) atoms. The van der Waals surface area contributed by atoms with E-state index in [4.69, 9.17) is 0 Å². The highest BCUT2D eigenvalue weighted by Gasteiger charge is 2.03. The van der Waals surface area contributed by atoms with Crippen LogP contribution in [0.5, 0.6) is 0 Å². The molecule has 0 atom stereocenters. The lowest BCUT2D eigenvalue weighted by Gasteiger charge is -2.11. The molecule has 0 fully saturated rings. The summed E-state index contributed by atoms with van der Waals surface area (Å²) in [4.78, 5) is 0. The highest BCUT2D eigenvalue weighted by Crippen LogP contribution is 2.27. The molecule has 1 rings (SSSR count). The maximum absolute atomic E-state index is 3.57. The summed E-state index contributed by atoms with van der Waals surface area (Å²) in [7, 11) is 0. The van der Waals surface area contributed by atoms with Gasteiger partial charge in [-0.2, -0.15) is 0 Å². The minimum absolute atomic E-state index is 0.885. The first kappa shape index (κ1) is 12.1. The summed E-state index contributed by atoms with van der Waals surface area (Å²) in [6.45, 7) is 6.98.